The molecule has 2 fully saturated rings. The fraction of sp³-hybridized carbons (Fsp3) is 0.562. The van der Waals surface area contributed by atoms with E-state index >= 15 is 0 Å². The van der Waals surface area contributed by atoms with Crippen molar-refractivity contribution in [1.82, 2.24) is 4.90 Å². The summed E-state index contributed by atoms with van der Waals surface area (Å²) in [5, 5.41) is 21.0. The van der Waals surface area contributed by atoms with Crippen LogP contribution in [0, 0.1) is 21.4 Å². The monoisotopic (exact) mass is 320 g/mol. The highest BCUT2D eigenvalue weighted by atomic mass is 16.6. The number of phenolic OH excluding ortho intramolecular Hbond substituents is 1. The van der Waals surface area contributed by atoms with Gasteiger partial charge in [0.2, 0.25) is 5.75 Å². The van der Waals surface area contributed by atoms with Crippen molar-refractivity contribution in [3.05, 3.63) is 33.9 Å². The molecular weight excluding hydrogens is 300 g/mol. The maximum atomic E-state index is 12.8. The minimum absolute atomic E-state index is 0.0128. The average Bonchev–Trinajstić information content (AvgIpc) is 2.92. The van der Waals surface area contributed by atoms with Gasteiger partial charge in [-0.2, -0.15) is 0 Å². The summed E-state index contributed by atoms with van der Waals surface area (Å²) in [6.45, 7) is 4.81. The van der Waals surface area contributed by atoms with E-state index in [1.54, 1.807) is 11.9 Å². The first-order valence-electron chi connectivity index (χ1n) is 7.62. The Morgan fingerprint density at radius 3 is 2.83 bits per heavy atom. The molecule has 2 aliphatic rings. The number of para-hydroxylation sites is 1. The van der Waals surface area contributed by atoms with Crippen LogP contribution in [0.15, 0.2) is 18.2 Å². The Balaban J connectivity index is 1.89. The zero-order valence-electron chi connectivity index (χ0n) is 13.4. The molecule has 3 atom stereocenters. The Bertz CT molecular complexity index is 672. The molecule has 1 N–H and O–H groups in total. The first-order chi connectivity index (χ1) is 10.8. The molecule has 1 aliphatic carbocycles. The molecule has 7 nitrogen and oxygen atoms in total. The number of hydrogen-bond acceptors (Lipinski definition) is 5. The molecule has 1 amide bonds. The van der Waals surface area contributed by atoms with Crippen LogP contribution >= 0.6 is 0 Å². The van der Waals surface area contributed by atoms with Gasteiger partial charge in [-0.05, 0) is 12.5 Å². The summed E-state index contributed by atoms with van der Waals surface area (Å²) in [5.74, 6) is -0.708. The van der Waals surface area contributed by atoms with Gasteiger partial charge in [-0.1, -0.05) is 19.9 Å². The lowest BCUT2D eigenvalue weighted by Crippen LogP contribution is -2.66. The number of carbonyl (C=O) groups excluding carboxylic acids is 1. The van der Waals surface area contributed by atoms with Crippen molar-refractivity contribution in [2.75, 3.05) is 13.7 Å². The second-order valence-corrected chi connectivity index (χ2v) is 6.86. The molecule has 1 saturated carbocycles. The summed E-state index contributed by atoms with van der Waals surface area (Å²) in [4.78, 5) is 24.6. The van der Waals surface area contributed by atoms with Gasteiger partial charge in [0.1, 0.15) is 0 Å². The number of nitro benzene ring substituents is 1. The van der Waals surface area contributed by atoms with Gasteiger partial charge < -0.3 is 14.7 Å². The summed E-state index contributed by atoms with van der Waals surface area (Å²) in [6.07, 6.45) is 1.04. The van der Waals surface area contributed by atoms with E-state index in [0.717, 1.165) is 6.42 Å². The first-order valence-corrected chi connectivity index (χ1v) is 7.62. The van der Waals surface area contributed by atoms with Crippen molar-refractivity contribution in [3.63, 3.8) is 0 Å². The second-order valence-electron chi connectivity index (χ2n) is 6.86. The molecule has 1 aromatic carbocycles. The minimum atomic E-state index is -0.694. The van der Waals surface area contributed by atoms with E-state index < -0.39 is 22.3 Å². The number of phenols is 1. The van der Waals surface area contributed by atoms with Crippen molar-refractivity contribution in [2.45, 2.75) is 32.4 Å². The molecule has 0 spiro atoms. The number of amides is 1. The molecule has 1 saturated heterocycles. The number of benzene rings is 1. The molecule has 1 heterocycles. The Hall–Kier alpha value is -2.15. The van der Waals surface area contributed by atoms with Gasteiger partial charge in [0, 0.05) is 37.1 Å². The smallest absolute Gasteiger partial charge is 0.311 e. The summed E-state index contributed by atoms with van der Waals surface area (Å²) in [7, 11) is 1.68. The lowest BCUT2D eigenvalue weighted by Gasteiger charge is -2.57. The van der Waals surface area contributed by atoms with Crippen molar-refractivity contribution < 1.29 is 19.6 Å². The number of carbonyl (C=O) groups is 1. The van der Waals surface area contributed by atoms with E-state index in [0.29, 0.717) is 6.61 Å². The normalized spacial score (nSPS) is 27.9. The molecule has 0 bridgehead atoms. The van der Waals surface area contributed by atoms with E-state index in [9.17, 15) is 20.0 Å². The molecule has 0 radical (unpaired) electrons. The highest BCUT2D eigenvalue weighted by molar-refractivity contribution is 5.98. The van der Waals surface area contributed by atoms with Crippen molar-refractivity contribution in [1.29, 1.82) is 0 Å². The van der Waals surface area contributed by atoms with Gasteiger partial charge in [-0.25, -0.2) is 0 Å². The van der Waals surface area contributed by atoms with Crippen LogP contribution in [-0.4, -0.2) is 46.6 Å². The highest BCUT2D eigenvalue weighted by Gasteiger charge is 2.61. The molecule has 1 aliphatic heterocycles. The molecular formula is C16H20N2O5. The third-order valence-corrected chi connectivity index (χ3v) is 5.22. The molecule has 3 unspecified atom stereocenters. The van der Waals surface area contributed by atoms with Gasteiger partial charge in [0.15, 0.2) is 0 Å². The summed E-state index contributed by atoms with van der Waals surface area (Å²) < 4.78 is 5.73. The van der Waals surface area contributed by atoms with Gasteiger partial charge in [-0.3, -0.25) is 14.9 Å². The molecule has 7 heteroatoms. The van der Waals surface area contributed by atoms with E-state index in [2.05, 4.69) is 13.8 Å². The SMILES string of the molecule is CN(C(=O)c1cccc([N+](=O)[O-])c1O)C1C2CCOC2C1(C)C. The summed E-state index contributed by atoms with van der Waals surface area (Å²) in [6, 6.07) is 3.99. The van der Waals surface area contributed by atoms with Crippen molar-refractivity contribution >= 4 is 11.6 Å². The largest absolute Gasteiger partial charge is 0.502 e. The summed E-state index contributed by atoms with van der Waals surface area (Å²) in [5.41, 5.74) is -0.680. The number of rotatable bonds is 3. The fourth-order valence-electron chi connectivity index (χ4n) is 4.25. The van der Waals surface area contributed by atoms with Crippen LogP contribution < -0.4 is 0 Å². The maximum absolute atomic E-state index is 12.8. The maximum Gasteiger partial charge on any atom is 0.311 e. The van der Waals surface area contributed by atoms with Crippen LogP contribution in [0.3, 0.4) is 0 Å². The number of fused-ring (bicyclic) bond motifs is 1. The third-order valence-electron chi connectivity index (χ3n) is 5.22. The lowest BCUT2D eigenvalue weighted by atomic mass is 9.56. The van der Waals surface area contributed by atoms with Gasteiger partial charge in [0.05, 0.1) is 16.6 Å². The number of nitro groups is 1. The fourth-order valence-corrected chi connectivity index (χ4v) is 4.25. The number of aromatic hydroxyl groups is 1. The standard InChI is InChI=1S/C16H20N2O5/c1-16(2)13(10-7-8-23-14(10)16)17(3)15(20)9-5-4-6-11(12(9)19)18(21)22/h4-6,10,13-14,19H,7-8H2,1-3H3. The van der Waals surface area contributed by atoms with Gasteiger partial charge >= 0.3 is 5.69 Å². The quantitative estimate of drug-likeness (QED) is 0.680. The van der Waals surface area contributed by atoms with Crippen LogP contribution in [0.25, 0.3) is 0 Å². The molecule has 1 aromatic rings. The van der Waals surface area contributed by atoms with Crippen LogP contribution in [-0.2, 0) is 4.74 Å². The average molecular weight is 320 g/mol. The number of hydrogen-bond donors (Lipinski definition) is 1. The minimum Gasteiger partial charge on any atom is -0.502 e. The first kappa shape index (κ1) is 15.7. The van der Waals surface area contributed by atoms with Crippen LogP contribution in [0.1, 0.15) is 30.6 Å². The predicted octanol–water partition coefficient (Wildman–Crippen LogP) is 2.19. The molecule has 124 valence electrons. The Labute approximate surface area is 134 Å². The topological polar surface area (TPSA) is 92.9 Å². The van der Waals surface area contributed by atoms with Crippen LogP contribution in [0.4, 0.5) is 5.69 Å². The number of nitrogens with zero attached hydrogens (tertiary/aromatic N) is 2. The summed E-state index contributed by atoms with van der Waals surface area (Å²) >= 11 is 0. The Kier molecular flexibility index (Phi) is 3.55. The molecule has 3 rings (SSSR count). The van der Waals surface area contributed by atoms with E-state index in [1.807, 2.05) is 0 Å². The zero-order valence-corrected chi connectivity index (χ0v) is 13.4. The Morgan fingerprint density at radius 1 is 1.48 bits per heavy atom. The van der Waals surface area contributed by atoms with Crippen molar-refractivity contribution in [3.8, 4) is 5.75 Å². The van der Waals surface area contributed by atoms with E-state index in [-0.39, 0.29) is 29.0 Å². The van der Waals surface area contributed by atoms with Gasteiger partial charge in [-0.15, -0.1) is 0 Å². The predicted molar refractivity (Wildman–Crippen MR) is 82.3 cm³/mol. The van der Waals surface area contributed by atoms with Crippen LogP contribution in [0.2, 0.25) is 0 Å². The lowest BCUT2D eigenvalue weighted by molar-refractivity contribution is -0.385. The van der Waals surface area contributed by atoms with Crippen molar-refractivity contribution in [2.24, 2.45) is 11.3 Å². The Morgan fingerprint density at radius 2 is 2.17 bits per heavy atom. The van der Waals surface area contributed by atoms with E-state index in [1.165, 1.54) is 18.2 Å². The van der Waals surface area contributed by atoms with Crippen LogP contribution in [0.5, 0.6) is 5.75 Å². The zero-order chi connectivity index (χ0) is 16.9. The van der Waals surface area contributed by atoms with Gasteiger partial charge in [0.25, 0.3) is 5.91 Å². The second kappa shape index (κ2) is 5.19. The molecule has 0 aromatic heterocycles. The number of ether oxygens (including phenoxy) is 1. The molecule has 23 heavy (non-hydrogen) atoms. The highest BCUT2D eigenvalue weighted by Crippen LogP contribution is 2.54. The van der Waals surface area contributed by atoms with E-state index in [4.69, 9.17) is 4.74 Å². The third kappa shape index (κ3) is 2.18.